The third-order valence-corrected chi connectivity index (χ3v) is 4.11. The Kier molecular flexibility index (Phi) is 2.01. The van der Waals surface area contributed by atoms with Gasteiger partial charge in [-0.3, -0.25) is 0 Å². The van der Waals surface area contributed by atoms with Gasteiger partial charge in [0.1, 0.15) is 0 Å². The number of hydrogen-bond acceptors (Lipinski definition) is 0. The summed E-state index contributed by atoms with van der Waals surface area (Å²) in [5.41, 5.74) is 1.52. The molecule has 0 saturated heterocycles. The van der Waals surface area contributed by atoms with Gasteiger partial charge in [0.15, 0.2) is 0 Å². The van der Waals surface area contributed by atoms with Crippen molar-refractivity contribution in [3.63, 3.8) is 0 Å². The predicted molar refractivity (Wildman–Crippen MR) is 62.2 cm³/mol. The summed E-state index contributed by atoms with van der Waals surface area (Å²) in [6.07, 6.45) is 7.57. The van der Waals surface area contributed by atoms with E-state index < -0.39 is 0 Å². The molecule has 2 aliphatic rings. The van der Waals surface area contributed by atoms with Crippen molar-refractivity contribution in [3.05, 3.63) is 46.5 Å². The molecule has 1 fully saturated rings. The second-order valence-electron chi connectivity index (χ2n) is 4.44. The highest BCUT2D eigenvalue weighted by Gasteiger charge is 2.36. The van der Waals surface area contributed by atoms with Gasteiger partial charge in [-0.1, -0.05) is 40.2 Å². The molecule has 14 heavy (non-hydrogen) atoms. The quantitative estimate of drug-likeness (QED) is 0.656. The minimum atomic E-state index is 0.790. The van der Waals surface area contributed by atoms with E-state index in [1.165, 1.54) is 22.9 Å². The standard InChI is InChI=1S/C13H13Br/c14-12-5-3-10(4-6-12)13-8-9-1-2-11(13)7-9/h1-6,9,11,13H,7-8H2. The third kappa shape index (κ3) is 1.35. The zero-order valence-electron chi connectivity index (χ0n) is 7.99. The molecule has 1 aromatic carbocycles. The monoisotopic (exact) mass is 248 g/mol. The number of allylic oxidation sites excluding steroid dienone is 2. The van der Waals surface area contributed by atoms with Gasteiger partial charge in [-0.25, -0.2) is 0 Å². The van der Waals surface area contributed by atoms with E-state index in [-0.39, 0.29) is 0 Å². The van der Waals surface area contributed by atoms with Gasteiger partial charge in [-0.15, -0.1) is 0 Å². The Hall–Kier alpha value is -0.560. The number of fused-ring (bicyclic) bond motifs is 2. The van der Waals surface area contributed by atoms with Crippen LogP contribution in [-0.4, -0.2) is 0 Å². The first-order valence-corrected chi connectivity index (χ1v) is 6.06. The molecule has 2 aliphatic carbocycles. The molecule has 3 unspecified atom stereocenters. The molecule has 2 bridgehead atoms. The van der Waals surface area contributed by atoms with Gasteiger partial charge in [-0.2, -0.15) is 0 Å². The summed E-state index contributed by atoms with van der Waals surface area (Å²) in [6, 6.07) is 8.85. The topological polar surface area (TPSA) is 0 Å². The smallest absolute Gasteiger partial charge is 0.0175 e. The van der Waals surface area contributed by atoms with Crippen molar-refractivity contribution in [2.24, 2.45) is 11.8 Å². The second kappa shape index (κ2) is 3.23. The summed E-state index contributed by atoms with van der Waals surface area (Å²) < 4.78 is 1.18. The molecule has 3 atom stereocenters. The van der Waals surface area contributed by atoms with Crippen molar-refractivity contribution in [2.45, 2.75) is 18.8 Å². The molecular weight excluding hydrogens is 236 g/mol. The molecule has 3 rings (SSSR count). The molecule has 0 aliphatic heterocycles. The van der Waals surface area contributed by atoms with Crippen molar-refractivity contribution in [1.82, 2.24) is 0 Å². The van der Waals surface area contributed by atoms with Crippen LogP contribution in [0.4, 0.5) is 0 Å². The van der Waals surface area contributed by atoms with Crippen molar-refractivity contribution < 1.29 is 0 Å². The van der Waals surface area contributed by atoms with Gasteiger partial charge < -0.3 is 0 Å². The van der Waals surface area contributed by atoms with Crippen molar-refractivity contribution in [3.8, 4) is 0 Å². The van der Waals surface area contributed by atoms with E-state index in [2.05, 4.69) is 52.3 Å². The van der Waals surface area contributed by atoms with Crippen LogP contribution in [0, 0.1) is 11.8 Å². The summed E-state index contributed by atoms with van der Waals surface area (Å²) in [6.45, 7) is 0. The average molecular weight is 249 g/mol. The summed E-state index contributed by atoms with van der Waals surface area (Å²) in [7, 11) is 0. The van der Waals surface area contributed by atoms with Crippen LogP contribution in [0.3, 0.4) is 0 Å². The average Bonchev–Trinajstić information content (AvgIpc) is 2.80. The van der Waals surface area contributed by atoms with Gasteiger partial charge in [0, 0.05) is 4.47 Å². The zero-order chi connectivity index (χ0) is 9.54. The Labute approximate surface area is 93.2 Å². The highest BCUT2D eigenvalue weighted by Crippen LogP contribution is 2.48. The Bertz CT molecular complexity index is 363. The normalized spacial score (nSPS) is 33.9. The highest BCUT2D eigenvalue weighted by atomic mass is 79.9. The molecule has 0 aromatic heterocycles. The SMILES string of the molecule is Brc1ccc(C2CC3C=CC2C3)cc1. The van der Waals surface area contributed by atoms with E-state index in [9.17, 15) is 0 Å². The Morgan fingerprint density at radius 2 is 1.79 bits per heavy atom. The van der Waals surface area contributed by atoms with Crippen LogP contribution in [0.25, 0.3) is 0 Å². The Morgan fingerprint density at radius 3 is 2.36 bits per heavy atom. The fourth-order valence-corrected chi connectivity index (χ4v) is 3.14. The van der Waals surface area contributed by atoms with Gasteiger partial charge in [-0.05, 0) is 48.3 Å². The number of halogens is 1. The van der Waals surface area contributed by atoms with Crippen LogP contribution in [0.15, 0.2) is 40.9 Å². The van der Waals surface area contributed by atoms with E-state index in [1.54, 1.807) is 0 Å². The summed E-state index contributed by atoms with van der Waals surface area (Å²) in [5, 5.41) is 0. The number of rotatable bonds is 1. The second-order valence-corrected chi connectivity index (χ2v) is 5.35. The largest absolute Gasteiger partial charge is 0.0851 e. The molecule has 0 radical (unpaired) electrons. The molecule has 72 valence electrons. The first kappa shape index (κ1) is 8.72. The van der Waals surface area contributed by atoms with Gasteiger partial charge in [0.05, 0.1) is 0 Å². The molecule has 0 N–H and O–H groups in total. The molecule has 1 saturated carbocycles. The predicted octanol–water partition coefficient (Wildman–Crippen LogP) is 4.13. The van der Waals surface area contributed by atoms with Crippen molar-refractivity contribution in [2.75, 3.05) is 0 Å². The van der Waals surface area contributed by atoms with E-state index >= 15 is 0 Å². The van der Waals surface area contributed by atoms with E-state index in [0.29, 0.717) is 0 Å². The molecule has 0 nitrogen and oxygen atoms in total. The van der Waals surface area contributed by atoms with Gasteiger partial charge in [0.25, 0.3) is 0 Å². The molecule has 0 heterocycles. The van der Waals surface area contributed by atoms with E-state index in [4.69, 9.17) is 0 Å². The lowest BCUT2D eigenvalue weighted by molar-refractivity contribution is 0.585. The lowest BCUT2D eigenvalue weighted by Crippen LogP contribution is -2.04. The van der Waals surface area contributed by atoms with Crippen LogP contribution in [0.5, 0.6) is 0 Å². The molecule has 0 spiro atoms. The maximum Gasteiger partial charge on any atom is 0.0175 e. The summed E-state index contributed by atoms with van der Waals surface area (Å²) in [5.74, 6) is 2.48. The van der Waals surface area contributed by atoms with Crippen LogP contribution in [0.1, 0.15) is 24.3 Å². The van der Waals surface area contributed by atoms with Crippen LogP contribution in [-0.2, 0) is 0 Å². The maximum absolute atomic E-state index is 3.48. The third-order valence-electron chi connectivity index (χ3n) is 3.58. The number of hydrogen-bond donors (Lipinski definition) is 0. The molecule has 1 heteroatoms. The van der Waals surface area contributed by atoms with Crippen molar-refractivity contribution >= 4 is 15.9 Å². The Balaban J connectivity index is 1.90. The first-order valence-electron chi connectivity index (χ1n) is 5.27. The minimum absolute atomic E-state index is 0.790. The van der Waals surface area contributed by atoms with Crippen LogP contribution < -0.4 is 0 Å². The fourth-order valence-electron chi connectivity index (χ4n) is 2.87. The van der Waals surface area contributed by atoms with Crippen molar-refractivity contribution in [1.29, 1.82) is 0 Å². The van der Waals surface area contributed by atoms with E-state index in [0.717, 1.165) is 17.8 Å². The Morgan fingerprint density at radius 1 is 1.00 bits per heavy atom. The fraction of sp³-hybridized carbons (Fsp3) is 0.385. The molecule has 0 amide bonds. The van der Waals surface area contributed by atoms with Crippen LogP contribution >= 0.6 is 15.9 Å². The summed E-state index contributed by atoms with van der Waals surface area (Å²) in [4.78, 5) is 0. The molecule has 1 aromatic rings. The van der Waals surface area contributed by atoms with Gasteiger partial charge in [0.2, 0.25) is 0 Å². The highest BCUT2D eigenvalue weighted by molar-refractivity contribution is 9.10. The summed E-state index contributed by atoms with van der Waals surface area (Å²) >= 11 is 3.48. The maximum atomic E-state index is 3.48. The van der Waals surface area contributed by atoms with E-state index in [1.807, 2.05) is 0 Å². The van der Waals surface area contributed by atoms with Gasteiger partial charge >= 0.3 is 0 Å². The molecular formula is C13H13Br. The number of benzene rings is 1. The van der Waals surface area contributed by atoms with Crippen LogP contribution in [0.2, 0.25) is 0 Å². The zero-order valence-corrected chi connectivity index (χ0v) is 9.57. The first-order chi connectivity index (χ1) is 6.83. The lowest BCUT2D eigenvalue weighted by atomic mass is 9.87. The lowest BCUT2D eigenvalue weighted by Gasteiger charge is -2.18. The minimum Gasteiger partial charge on any atom is -0.0851 e.